The van der Waals surface area contributed by atoms with E-state index in [1.165, 1.54) is 6.92 Å². The van der Waals surface area contributed by atoms with E-state index in [2.05, 4.69) is 0 Å². The fourth-order valence-corrected chi connectivity index (χ4v) is 2.38. The van der Waals surface area contributed by atoms with Gasteiger partial charge in [-0.2, -0.15) is 0 Å². The van der Waals surface area contributed by atoms with Crippen LogP contribution >= 0.6 is 0 Å². The van der Waals surface area contributed by atoms with Crippen molar-refractivity contribution in [2.75, 3.05) is 0 Å². The molecule has 1 aliphatic rings. The highest BCUT2D eigenvalue weighted by atomic mass is 16.2. The molecular formula is C15H15NO4. The number of hydrogen-bond donors (Lipinski definition) is 0. The fourth-order valence-electron chi connectivity index (χ4n) is 2.38. The average molecular weight is 273 g/mol. The first-order valence-corrected chi connectivity index (χ1v) is 6.39. The Bertz CT molecular complexity index is 606. The number of rotatable bonds is 5. The summed E-state index contributed by atoms with van der Waals surface area (Å²) in [5.74, 6) is -0.997. The van der Waals surface area contributed by atoms with E-state index in [4.69, 9.17) is 0 Å². The highest BCUT2D eigenvalue weighted by Gasteiger charge is 2.40. The summed E-state index contributed by atoms with van der Waals surface area (Å²) < 4.78 is 0. The molecule has 0 bridgehead atoms. The molecule has 20 heavy (non-hydrogen) atoms. The predicted molar refractivity (Wildman–Crippen MR) is 71.4 cm³/mol. The van der Waals surface area contributed by atoms with Crippen LogP contribution < -0.4 is 0 Å². The van der Waals surface area contributed by atoms with E-state index in [0.29, 0.717) is 23.0 Å². The molecule has 104 valence electrons. The van der Waals surface area contributed by atoms with Crippen molar-refractivity contribution in [3.63, 3.8) is 0 Å². The largest absolute Gasteiger partial charge is 0.301 e. The van der Waals surface area contributed by atoms with Gasteiger partial charge in [0.15, 0.2) is 0 Å². The van der Waals surface area contributed by atoms with Gasteiger partial charge in [0.2, 0.25) is 0 Å². The molecule has 0 radical (unpaired) electrons. The summed E-state index contributed by atoms with van der Waals surface area (Å²) >= 11 is 0. The molecule has 5 nitrogen and oxygen atoms in total. The summed E-state index contributed by atoms with van der Waals surface area (Å²) in [4.78, 5) is 47.8. The second-order valence-corrected chi connectivity index (χ2v) is 4.92. The van der Waals surface area contributed by atoms with Crippen molar-refractivity contribution in [2.24, 2.45) is 0 Å². The first kappa shape index (κ1) is 14.1. The van der Waals surface area contributed by atoms with Gasteiger partial charge in [0.05, 0.1) is 17.2 Å². The molecule has 1 aliphatic heterocycles. The zero-order valence-electron chi connectivity index (χ0n) is 11.4. The quantitative estimate of drug-likeness (QED) is 0.602. The van der Waals surface area contributed by atoms with E-state index in [-0.39, 0.29) is 18.6 Å². The minimum atomic E-state index is -0.884. The third-order valence-electron chi connectivity index (χ3n) is 3.44. The molecule has 0 aliphatic carbocycles. The van der Waals surface area contributed by atoms with Crippen molar-refractivity contribution in [1.82, 2.24) is 4.90 Å². The van der Waals surface area contributed by atoms with Crippen LogP contribution in [0.4, 0.5) is 0 Å². The normalized spacial score (nSPS) is 15.2. The fraction of sp³-hybridized carbons (Fsp3) is 0.333. The summed E-state index contributed by atoms with van der Waals surface area (Å²) in [5.41, 5.74) is 1.39. The van der Waals surface area contributed by atoms with Gasteiger partial charge in [0.1, 0.15) is 12.1 Å². The maximum absolute atomic E-state index is 12.3. The number of benzene rings is 1. The summed E-state index contributed by atoms with van der Waals surface area (Å²) in [5, 5.41) is 0. The van der Waals surface area contributed by atoms with Crippen LogP contribution in [0.15, 0.2) is 18.2 Å². The Morgan fingerprint density at radius 3 is 2.55 bits per heavy atom. The van der Waals surface area contributed by atoms with E-state index in [9.17, 15) is 19.2 Å². The van der Waals surface area contributed by atoms with Gasteiger partial charge in [-0.1, -0.05) is 12.1 Å². The van der Waals surface area contributed by atoms with Crippen molar-refractivity contribution in [2.45, 2.75) is 32.7 Å². The monoisotopic (exact) mass is 273 g/mol. The lowest BCUT2D eigenvalue weighted by Gasteiger charge is -2.20. The van der Waals surface area contributed by atoms with Crippen LogP contribution in [0.2, 0.25) is 0 Å². The van der Waals surface area contributed by atoms with Gasteiger partial charge in [-0.15, -0.1) is 0 Å². The first-order chi connectivity index (χ1) is 9.47. The zero-order chi connectivity index (χ0) is 14.9. The van der Waals surface area contributed by atoms with Crippen molar-refractivity contribution in [3.05, 3.63) is 34.9 Å². The summed E-state index contributed by atoms with van der Waals surface area (Å²) in [7, 11) is 0. The number of carbonyl (C=O) groups is 4. The van der Waals surface area contributed by atoms with Crippen molar-refractivity contribution >= 4 is 23.9 Å². The Balaban J connectivity index is 2.33. The number of aryl methyl sites for hydroxylation is 1. The zero-order valence-corrected chi connectivity index (χ0v) is 11.4. The summed E-state index contributed by atoms with van der Waals surface area (Å²) in [6.07, 6.45) is 0.888. The van der Waals surface area contributed by atoms with Crippen LogP contribution in [-0.2, 0) is 9.59 Å². The highest BCUT2D eigenvalue weighted by Crippen LogP contribution is 2.27. The van der Waals surface area contributed by atoms with Crippen LogP contribution in [0, 0.1) is 6.92 Å². The molecule has 0 spiro atoms. The smallest absolute Gasteiger partial charge is 0.262 e. The van der Waals surface area contributed by atoms with Crippen LogP contribution in [0.3, 0.4) is 0 Å². The number of carbonyl (C=O) groups excluding carboxylic acids is 4. The van der Waals surface area contributed by atoms with Gasteiger partial charge in [-0.05, 0) is 31.9 Å². The van der Waals surface area contributed by atoms with Crippen LogP contribution in [0.25, 0.3) is 0 Å². The van der Waals surface area contributed by atoms with Crippen molar-refractivity contribution in [1.29, 1.82) is 0 Å². The van der Waals surface area contributed by atoms with Gasteiger partial charge < -0.3 is 9.59 Å². The number of hydrogen-bond acceptors (Lipinski definition) is 4. The third-order valence-corrected chi connectivity index (χ3v) is 3.44. The molecule has 1 atom stereocenters. The number of ketones is 1. The highest BCUT2D eigenvalue weighted by molar-refractivity contribution is 6.23. The third kappa shape index (κ3) is 2.27. The molecule has 1 heterocycles. The number of fused-ring (bicyclic) bond motifs is 1. The summed E-state index contributed by atoms with van der Waals surface area (Å²) in [6, 6.07) is 4.15. The van der Waals surface area contributed by atoms with Crippen LogP contribution in [-0.4, -0.2) is 34.8 Å². The predicted octanol–water partition coefficient (Wildman–Crippen LogP) is 1.53. The Morgan fingerprint density at radius 1 is 1.30 bits per heavy atom. The molecular weight excluding hydrogens is 258 g/mol. The van der Waals surface area contributed by atoms with E-state index in [1.807, 2.05) is 0 Å². The Kier molecular flexibility index (Phi) is 3.79. The number of aldehydes is 1. The second-order valence-electron chi connectivity index (χ2n) is 4.92. The lowest BCUT2D eigenvalue weighted by atomic mass is 10.0. The molecule has 2 amide bonds. The van der Waals surface area contributed by atoms with Crippen LogP contribution in [0.5, 0.6) is 0 Å². The van der Waals surface area contributed by atoms with Crippen molar-refractivity contribution in [3.8, 4) is 0 Å². The van der Waals surface area contributed by atoms with Gasteiger partial charge >= 0.3 is 0 Å². The number of Topliss-reactive ketones (excluding diaryl/α,β-unsaturated/α-hetero) is 1. The molecule has 1 unspecified atom stereocenters. The maximum atomic E-state index is 12.3. The van der Waals surface area contributed by atoms with Gasteiger partial charge in [-0.3, -0.25) is 14.5 Å². The SMILES string of the molecule is CC(=O)CCC(C=O)N1C(=O)c2cccc(C)c2C1=O. The maximum Gasteiger partial charge on any atom is 0.262 e. The summed E-state index contributed by atoms with van der Waals surface area (Å²) in [6.45, 7) is 3.16. The number of nitrogens with zero attached hydrogens (tertiary/aromatic N) is 1. The second kappa shape index (κ2) is 5.36. The molecule has 1 aromatic rings. The van der Waals surface area contributed by atoms with Crippen LogP contribution in [0.1, 0.15) is 46.0 Å². The minimum Gasteiger partial charge on any atom is -0.301 e. The molecule has 0 N–H and O–H groups in total. The Labute approximate surface area is 116 Å². The van der Waals surface area contributed by atoms with E-state index < -0.39 is 17.9 Å². The van der Waals surface area contributed by atoms with E-state index >= 15 is 0 Å². The number of amides is 2. The van der Waals surface area contributed by atoms with Gasteiger partial charge in [0, 0.05) is 6.42 Å². The first-order valence-electron chi connectivity index (χ1n) is 6.39. The molecule has 1 aromatic carbocycles. The Morgan fingerprint density at radius 2 is 2.00 bits per heavy atom. The Hall–Kier alpha value is -2.30. The average Bonchev–Trinajstić information content (AvgIpc) is 2.65. The topological polar surface area (TPSA) is 71.5 Å². The molecule has 0 aromatic heterocycles. The molecule has 0 saturated heterocycles. The molecule has 0 fully saturated rings. The van der Waals surface area contributed by atoms with E-state index in [0.717, 1.165) is 4.90 Å². The lowest BCUT2D eigenvalue weighted by molar-refractivity contribution is -0.117. The number of imide groups is 1. The van der Waals surface area contributed by atoms with E-state index in [1.54, 1.807) is 25.1 Å². The lowest BCUT2D eigenvalue weighted by Crippen LogP contribution is -2.41. The van der Waals surface area contributed by atoms with Gasteiger partial charge in [-0.25, -0.2) is 0 Å². The minimum absolute atomic E-state index is 0.0790. The molecule has 5 heteroatoms. The van der Waals surface area contributed by atoms with Crippen molar-refractivity contribution < 1.29 is 19.2 Å². The standard InChI is InChI=1S/C15H15NO4/c1-9-4-3-5-12-13(9)15(20)16(14(12)19)11(8-17)7-6-10(2)18/h3-5,8,11H,6-7H2,1-2H3. The molecule has 2 rings (SSSR count). The van der Waals surface area contributed by atoms with Gasteiger partial charge in [0.25, 0.3) is 11.8 Å². The molecule has 0 saturated carbocycles.